The second-order valence-corrected chi connectivity index (χ2v) is 4.53. The van der Waals surface area contributed by atoms with Gasteiger partial charge in [-0.1, -0.05) is 6.07 Å². The van der Waals surface area contributed by atoms with E-state index in [2.05, 4.69) is 0 Å². The average Bonchev–Trinajstić information content (AvgIpc) is 2.70. The van der Waals surface area contributed by atoms with Gasteiger partial charge in [-0.05, 0) is 30.3 Å². The fourth-order valence-corrected chi connectivity index (χ4v) is 2.24. The maximum Gasteiger partial charge on any atom is 0.335 e. The second-order valence-electron chi connectivity index (χ2n) is 4.53. The van der Waals surface area contributed by atoms with E-state index in [1.165, 1.54) is 42.5 Å². The third-order valence-corrected chi connectivity index (χ3v) is 3.22. The molecular weight excluding hydrogens is 274 g/mol. The number of imide groups is 1. The Labute approximate surface area is 118 Å². The number of anilines is 1. The number of carbonyl (C=O) groups excluding carboxylic acids is 2. The lowest BCUT2D eigenvalue weighted by Gasteiger charge is -2.13. The number of rotatable bonds is 2. The first-order chi connectivity index (χ1) is 9.99. The molecule has 0 aliphatic carbocycles. The van der Waals surface area contributed by atoms with Crippen molar-refractivity contribution in [3.05, 3.63) is 59.2 Å². The lowest BCUT2D eigenvalue weighted by Crippen LogP contribution is -2.29. The number of nitrogens with zero attached hydrogens (tertiary/aromatic N) is 1. The van der Waals surface area contributed by atoms with Gasteiger partial charge in [0.2, 0.25) is 0 Å². The van der Waals surface area contributed by atoms with Gasteiger partial charge in [-0.15, -0.1) is 0 Å². The van der Waals surface area contributed by atoms with Crippen molar-refractivity contribution in [1.82, 2.24) is 0 Å². The van der Waals surface area contributed by atoms with Crippen LogP contribution < -0.4 is 4.90 Å². The standard InChI is InChI=1S/C15H9NO5/c17-10-3-1-2-9(7-10)16-13(18)11-5-4-8(15(20)21)6-12(11)14(16)19/h1-7,17H,(H,20,21). The molecule has 0 fully saturated rings. The number of hydrogen-bond acceptors (Lipinski definition) is 4. The number of phenols is 1. The van der Waals surface area contributed by atoms with Crippen LogP contribution >= 0.6 is 0 Å². The summed E-state index contributed by atoms with van der Waals surface area (Å²) in [7, 11) is 0. The van der Waals surface area contributed by atoms with Crippen LogP contribution in [-0.4, -0.2) is 28.0 Å². The van der Waals surface area contributed by atoms with Gasteiger partial charge in [0.15, 0.2) is 0 Å². The lowest BCUT2D eigenvalue weighted by molar-refractivity contribution is 0.0696. The smallest absolute Gasteiger partial charge is 0.335 e. The Bertz CT molecular complexity index is 796. The fourth-order valence-electron chi connectivity index (χ4n) is 2.24. The van der Waals surface area contributed by atoms with E-state index in [-0.39, 0.29) is 28.1 Å². The van der Waals surface area contributed by atoms with Crippen LogP contribution in [0.25, 0.3) is 0 Å². The minimum Gasteiger partial charge on any atom is -0.508 e. The molecule has 104 valence electrons. The van der Waals surface area contributed by atoms with Crippen molar-refractivity contribution in [2.45, 2.75) is 0 Å². The Balaban J connectivity index is 2.10. The van der Waals surface area contributed by atoms with Crippen molar-refractivity contribution in [2.75, 3.05) is 4.90 Å². The molecule has 1 aliphatic heterocycles. The molecule has 0 saturated heterocycles. The highest BCUT2D eigenvalue weighted by atomic mass is 16.4. The van der Waals surface area contributed by atoms with Crippen LogP contribution in [0.5, 0.6) is 5.75 Å². The number of amides is 2. The zero-order valence-corrected chi connectivity index (χ0v) is 10.6. The van der Waals surface area contributed by atoms with E-state index < -0.39 is 17.8 Å². The number of carboxylic acids is 1. The first-order valence-electron chi connectivity index (χ1n) is 6.04. The van der Waals surface area contributed by atoms with Crippen molar-refractivity contribution in [3.8, 4) is 5.75 Å². The van der Waals surface area contributed by atoms with Gasteiger partial charge in [-0.3, -0.25) is 9.59 Å². The van der Waals surface area contributed by atoms with Crippen LogP contribution in [-0.2, 0) is 0 Å². The molecule has 2 N–H and O–H groups in total. The summed E-state index contributed by atoms with van der Waals surface area (Å²) < 4.78 is 0. The van der Waals surface area contributed by atoms with Crippen molar-refractivity contribution in [1.29, 1.82) is 0 Å². The lowest BCUT2D eigenvalue weighted by atomic mass is 10.1. The summed E-state index contributed by atoms with van der Waals surface area (Å²) in [6.45, 7) is 0. The highest BCUT2D eigenvalue weighted by Gasteiger charge is 2.37. The normalized spacial score (nSPS) is 13.4. The largest absolute Gasteiger partial charge is 0.508 e. The summed E-state index contributed by atoms with van der Waals surface area (Å²) in [6.07, 6.45) is 0. The fraction of sp³-hybridized carbons (Fsp3) is 0. The van der Waals surface area contributed by atoms with Gasteiger partial charge < -0.3 is 10.2 Å². The van der Waals surface area contributed by atoms with Crippen LogP contribution in [0, 0.1) is 0 Å². The molecule has 21 heavy (non-hydrogen) atoms. The molecule has 1 heterocycles. The predicted molar refractivity (Wildman–Crippen MR) is 72.6 cm³/mol. The average molecular weight is 283 g/mol. The Morgan fingerprint density at radius 1 is 0.952 bits per heavy atom. The number of aromatic hydroxyl groups is 1. The molecule has 0 saturated carbocycles. The topological polar surface area (TPSA) is 94.9 Å². The van der Waals surface area contributed by atoms with E-state index in [0.717, 1.165) is 4.90 Å². The minimum atomic E-state index is -1.17. The molecule has 1 aliphatic rings. The first-order valence-corrected chi connectivity index (χ1v) is 6.04. The predicted octanol–water partition coefficient (Wildman–Crippen LogP) is 1.89. The molecule has 0 radical (unpaired) electrons. The minimum absolute atomic E-state index is 0.0447. The Morgan fingerprint density at radius 3 is 2.33 bits per heavy atom. The van der Waals surface area contributed by atoms with E-state index in [0.29, 0.717) is 0 Å². The van der Waals surface area contributed by atoms with E-state index in [1.54, 1.807) is 0 Å². The van der Waals surface area contributed by atoms with E-state index in [1.807, 2.05) is 0 Å². The highest BCUT2D eigenvalue weighted by molar-refractivity contribution is 6.34. The molecule has 0 atom stereocenters. The number of aromatic carboxylic acids is 1. The number of phenolic OH excluding ortho intramolecular Hbond substituents is 1. The molecule has 0 aromatic heterocycles. The third-order valence-electron chi connectivity index (χ3n) is 3.22. The van der Waals surface area contributed by atoms with E-state index in [4.69, 9.17) is 5.11 Å². The van der Waals surface area contributed by atoms with E-state index >= 15 is 0 Å². The van der Waals surface area contributed by atoms with Gasteiger partial charge in [-0.25, -0.2) is 9.69 Å². The summed E-state index contributed by atoms with van der Waals surface area (Å²) in [6, 6.07) is 9.52. The zero-order chi connectivity index (χ0) is 15.1. The Kier molecular flexibility index (Phi) is 2.72. The van der Waals surface area contributed by atoms with Crippen molar-refractivity contribution >= 4 is 23.5 Å². The zero-order valence-electron chi connectivity index (χ0n) is 10.6. The van der Waals surface area contributed by atoms with Gasteiger partial charge in [0.05, 0.1) is 22.4 Å². The summed E-state index contributed by atoms with van der Waals surface area (Å²) in [5.74, 6) is -2.40. The third kappa shape index (κ3) is 1.93. The van der Waals surface area contributed by atoms with E-state index in [9.17, 15) is 19.5 Å². The van der Waals surface area contributed by atoms with Gasteiger partial charge >= 0.3 is 5.97 Å². The van der Waals surface area contributed by atoms with Crippen LogP contribution in [0.3, 0.4) is 0 Å². The molecular formula is C15H9NO5. The van der Waals surface area contributed by atoms with Gasteiger partial charge in [0, 0.05) is 6.07 Å². The van der Waals surface area contributed by atoms with Crippen LogP contribution in [0.2, 0.25) is 0 Å². The van der Waals surface area contributed by atoms with Crippen LogP contribution in [0.15, 0.2) is 42.5 Å². The molecule has 3 rings (SSSR count). The van der Waals surface area contributed by atoms with Crippen LogP contribution in [0.4, 0.5) is 5.69 Å². The summed E-state index contributed by atoms with van der Waals surface area (Å²) in [5.41, 5.74) is 0.363. The number of fused-ring (bicyclic) bond motifs is 1. The molecule has 6 nitrogen and oxygen atoms in total. The van der Waals surface area contributed by atoms with Gasteiger partial charge in [0.1, 0.15) is 5.75 Å². The summed E-state index contributed by atoms with van der Waals surface area (Å²) >= 11 is 0. The molecule has 2 amide bonds. The molecule has 0 bridgehead atoms. The second kappa shape index (κ2) is 4.45. The molecule has 0 unspecified atom stereocenters. The Hall–Kier alpha value is -3.15. The van der Waals surface area contributed by atoms with Crippen molar-refractivity contribution < 1.29 is 24.6 Å². The van der Waals surface area contributed by atoms with Crippen molar-refractivity contribution in [2.24, 2.45) is 0 Å². The van der Waals surface area contributed by atoms with Crippen molar-refractivity contribution in [3.63, 3.8) is 0 Å². The number of carboxylic acid groups (broad SMARTS) is 1. The molecule has 2 aromatic carbocycles. The SMILES string of the molecule is O=C(O)c1ccc2c(c1)C(=O)N(c1cccc(O)c1)C2=O. The molecule has 6 heteroatoms. The number of benzene rings is 2. The van der Waals surface area contributed by atoms with Gasteiger partial charge in [0.25, 0.3) is 11.8 Å². The monoisotopic (exact) mass is 283 g/mol. The Morgan fingerprint density at radius 2 is 1.67 bits per heavy atom. The summed E-state index contributed by atoms with van der Waals surface area (Å²) in [5, 5.41) is 18.4. The molecule has 0 spiro atoms. The number of hydrogen-bond donors (Lipinski definition) is 2. The summed E-state index contributed by atoms with van der Waals surface area (Å²) in [4.78, 5) is 36.5. The molecule has 2 aromatic rings. The van der Waals surface area contributed by atoms with Crippen LogP contribution in [0.1, 0.15) is 31.1 Å². The van der Waals surface area contributed by atoms with Gasteiger partial charge in [-0.2, -0.15) is 0 Å². The highest BCUT2D eigenvalue weighted by Crippen LogP contribution is 2.30. The maximum atomic E-state index is 12.3. The maximum absolute atomic E-state index is 12.3. The quantitative estimate of drug-likeness (QED) is 0.821. The number of carbonyl (C=O) groups is 3. The first kappa shape index (κ1) is 12.9.